The van der Waals surface area contributed by atoms with Gasteiger partial charge >= 0.3 is 5.97 Å². The van der Waals surface area contributed by atoms with Crippen molar-refractivity contribution in [3.05, 3.63) is 131 Å². The maximum atomic E-state index is 11.6. The fourth-order valence-corrected chi connectivity index (χ4v) is 9.15. The van der Waals surface area contributed by atoms with Crippen LogP contribution in [0.3, 0.4) is 0 Å². The smallest absolute Gasteiger partial charge is 0.305 e. The Morgan fingerprint density at radius 3 is 2.27 bits per heavy atom. The molecule has 0 fully saturated rings. The van der Waals surface area contributed by atoms with Crippen LogP contribution in [-0.4, -0.2) is 43.3 Å². The molecule has 4 aromatic rings. The Morgan fingerprint density at radius 2 is 1.56 bits per heavy atom. The number of nitrogens with zero attached hydrogens (tertiary/aromatic N) is 2. The number of para-hydroxylation sites is 1. The van der Waals surface area contributed by atoms with Crippen molar-refractivity contribution < 1.29 is 19.4 Å². The van der Waals surface area contributed by atoms with Gasteiger partial charge in [0.2, 0.25) is 0 Å². The molecule has 1 aliphatic carbocycles. The Morgan fingerprint density at radius 1 is 0.885 bits per heavy atom. The van der Waals surface area contributed by atoms with Crippen molar-refractivity contribution in [2.24, 2.45) is 5.92 Å². The summed E-state index contributed by atoms with van der Waals surface area (Å²) in [5, 5.41) is 14.5. The number of hydrogen-bond donors (Lipinski definition) is 1. The summed E-state index contributed by atoms with van der Waals surface area (Å²) in [4.78, 5) is 27.5. The van der Waals surface area contributed by atoms with Gasteiger partial charge in [-0.15, -0.1) is 0 Å². The molecule has 0 radical (unpaired) electrons. The number of aliphatic carboxylic acids is 1. The number of allylic oxidation sites excluding steroid dienone is 7. The largest absolute Gasteiger partial charge is 0.481 e. The minimum Gasteiger partial charge on any atom is -0.481 e. The maximum absolute atomic E-state index is 11.6. The molecule has 2 unspecified atom stereocenters. The number of fused-ring (bicyclic) bond motifs is 7. The van der Waals surface area contributed by atoms with Gasteiger partial charge in [0.1, 0.15) is 6.61 Å². The van der Waals surface area contributed by atoms with E-state index in [2.05, 4.69) is 142 Å². The van der Waals surface area contributed by atoms with Crippen LogP contribution in [0.5, 0.6) is 0 Å². The number of hydrogen-bond acceptors (Lipinski definition) is 5. The van der Waals surface area contributed by atoms with Crippen LogP contribution in [0.25, 0.3) is 21.5 Å². The number of ether oxygens (including phenoxy) is 1. The summed E-state index contributed by atoms with van der Waals surface area (Å²) in [6.07, 6.45) is 14.8. The lowest BCUT2D eigenvalue weighted by Crippen LogP contribution is -2.41. The van der Waals surface area contributed by atoms with Gasteiger partial charge in [0, 0.05) is 34.1 Å². The SMILES string of the molecule is CCC1CC(=CC=C2N(CCOC=O)c3c(c4ccccc4c4ccccc34)C2(C)C)C=C(C=CC2N(CCC(=O)O)c3ccccc3C2(C)C)C1. The van der Waals surface area contributed by atoms with Gasteiger partial charge < -0.3 is 19.6 Å². The van der Waals surface area contributed by atoms with Gasteiger partial charge in [-0.2, -0.15) is 0 Å². The van der Waals surface area contributed by atoms with Crippen LogP contribution < -0.4 is 9.80 Å². The molecule has 0 saturated carbocycles. The minimum atomic E-state index is -0.778. The second-order valence-corrected chi connectivity index (χ2v) is 15.6. The molecule has 0 spiro atoms. The van der Waals surface area contributed by atoms with Gasteiger partial charge in [-0.3, -0.25) is 9.59 Å². The van der Waals surface area contributed by atoms with E-state index in [1.54, 1.807) is 0 Å². The third-order valence-electron chi connectivity index (χ3n) is 11.7. The van der Waals surface area contributed by atoms with E-state index in [1.165, 1.54) is 55.2 Å². The molecule has 0 amide bonds. The zero-order valence-electron chi connectivity index (χ0n) is 31.1. The molecular formula is C46H50N2O4. The topological polar surface area (TPSA) is 70.1 Å². The van der Waals surface area contributed by atoms with Gasteiger partial charge in [0.25, 0.3) is 6.47 Å². The summed E-state index contributed by atoms with van der Waals surface area (Å²) in [6.45, 7) is 13.3. The summed E-state index contributed by atoms with van der Waals surface area (Å²) in [5.41, 5.74) is 8.21. The van der Waals surface area contributed by atoms with Crippen LogP contribution in [0.4, 0.5) is 11.4 Å². The zero-order chi connectivity index (χ0) is 36.6. The van der Waals surface area contributed by atoms with Gasteiger partial charge in [0.05, 0.1) is 24.7 Å². The van der Waals surface area contributed by atoms with Gasteiger partial charge in [-0.1, -0.05) is 132 Å². The lowest BCUT2D eigenvalue weighted by molar-refractivity contribution is -0.136. The minimum absolute atomic E-state index is 0.0475. The summed E-state index contributed by atoms with van der Waals surface area (Å²) in [7, 11) is 0. The molecule has 52 heavy (non-hydrogen) atoms. The van der Waals surface area contributed by atoms with Crippen molar-refractivity contribution in [3.63, 3.8) is 0 Å². The molecule has 0 saturated heterocycles. The van der Waals surface area contributed by atoms with Crippen LogP contribution in [0, 0.1) is 5.92 Å². The second-order valence-electron chi connectivity index (χ2n) is 15.6. The van der Waals surface area contributed by atoms with Gasteiger partial charge in [-0.25, -0.2) is 0 Å². The average Bonchev–Trinajstić information content (AvgIpc) is 3.50. The Labute approximate surface area is 307 Å². The van der Waals surface area contributed by atoms with Crippen molar-refractivity contribution in [3.8, 4) is 0 Å². The summed E-state index contributed by atoms with van der Waals surface area (Å²) in [6, 6.07) is 25.8. The summed E-state index contributed by atoms with van der Waals surface area (Å²) < 4.78 is 5.29. The normalized spacial score (nSPS) is 22.0. The van der Waals surface area contributed by atoms with Crippen LogP contribution >= 0.6 is 0 Å². The third kappa shape index (κ3) is 6.23. The fourth-order valence-electron chi connectivity index (χ4n) is 9.15. The highest BCUT2D eigenvalue weighted by Gasteiger charge is 2.44. The first-order valence-corrected chi connectivity index (χ1v) is 18.7. The lowest BCUT2D eigenvalue weighted by Gasteiger charge is -2.32. The van der Waals surface area contributed by atoms with Gasteiger partial charge in [0.15, 0.2) is 0 Å². The molecule has 3 aliphatic rings. The molecule has 0 bridgehead atoms. The molecular weight excluding hydrogens is 645 g/mol. The van der Waals surface area contributed by atoms with Crippen molar-refractivity contribution in [2.45, 2.75) is 77.2 Å². The van der Waals surface area contributed by atoms with E-state index < -0.39 is 5.97 Å². The highest BCUT2D eigenvalue weighted by atomic mass is 16.5. The van der Waals surface area contributed by atoms with Crippen molar-refractivity contribution in [1.82, 2.24) is 0 Å². The zero-order valence-corrected chi connectivity index (χ0v) is 31.1. The first-order chi connectivity index (χ1) is 25.1. The quantitative estimate of drug-likeness (QED) is 0.0958. The molecule has 6 nitrogen and oxygen atoms in total. The molecule has 2 atom stereocenters. The summed E-state index contributed by atoms with van der Waals surface area (Å²) >= 11 is 0. The number of benzene rings is 4. The summed E-state index contributed by atoms with van der Waals surface area (Å²) in [5.74, 6) is -0.246. The van der Waals surface area contributed by atoms with Crippen LogP contribution in [0.2, 0.25) is 0 Å². The lowest BCUT2D eigenvalue weighted by atomic mass is 9.79. The van der Waals surface area contributed by atoms with Crippen molar-refractivity contribution in [1.29, 1.82) is 0 Å². The number of anilines is 2. The molecule has 7 rings (SSSR count). The Bertz CT molecular complexity index is 2150. The Hall–Kier alpha value is -5.10. The Kier molecular flexibility index (Phi) is 9.60. The van der Waals surface area contributed by atoms with E-state index >= 15 is 0 Å². The molecule has 6 heteroatoms. The fraction of sp³-hybridized carbons (Fsp3) is 0.348. The van der Waals surface area contributed by atoms with E-state index in [-0.39, 0.29) is 23.3 Å². The van der Waals surface area contributed by atoms with Crippen LogP contribution in [0.1, 0.15) is 71.4 Å². The first kappa shape index (κ1) is 35.3. The number of carbonyl (C=O) groups is 2. The second kappa shape index (κ2) is 14.1. The molecule has 268 valence electrons. The molecule has 4 aromatic carbocycles. The average molecular weight is 695 g/mol. The number of carboxylic acids is 1. The van der Waals surface area contributed by atoms with E-state index in [0.717, 1.165) is 24.9 Å². The third-order valence-corrected chi connectivity index (χ3v) is 11.7. The molecule has 0 aromatic heterocycles. The monoisotopic (exact) mass is 694 g/mol. The van der Waals surface area contributed by atoms with E-state index in [1.807, 2.05) is 6.07 Å². The molecule has 2 aliphatic heterocycles. The Balaban J connectivity index is 1.28. The van der Waals surface area contributed by atoms with E-state index in [4.69, 9.17) is 4.74 Å². The molecule has 1 N–H and O–H groups in total. The number of carboxylic acid groups (broad SMARTS) is 1. The number of carbonyl (C=O) groups excluding carboxylic acids is 1. The van der Waals surface area contributed by atoms with E-state index in [0.29, 0.717) is 32.1 Å². The van der Waals surface area contributed by atoms with E-state index in [9.17, 15) is 14.7 Å². The predicted octanol–water partition coefficient (Wildman–Crippen LogP) is 10.0. The highest BCUT2D eigenvalue weighted by molar-refractivity contribution is 6.17. The van der Waals surface area contributed by atoms with Crippen LogP contribution in [-0.2, 0) is 25.2 Å². The first-order valence-electron chi connectivity index (χ1n) is 18.7. The highest BCUT2D eigenvalue weighted by Crippen LogP contribution is 2.54. The van der Waals surface area contributed by atoms with Gasteiger partial charge in [-0.05, 0) is 69.3 Å². The van der Waals surface area contributed by atoms with Crippen molar-refractivity contribution in [2.75, 3.05) is 29.5 Å². The maximum Gasteiger partial charge on any atom is 0.305 e. The standard InChI is InChI=1S/C46H50N2O4/c1-6-31-27-32(19-21-40-45(2,3)38-17-11-12-18-39(38)47(40)24-23-42(50)51)29-33(28-31)20-22-41-46(4,5)43-36-15-9-7-13-34(36)35-14-8-10-16-37(35)44(43)48(41)25-26-52-30-49/h7-22,29-31,40H,6,23-28H2,1-5H3,(H,50,51). The molecule has 2 heterocycles. The van der Waals surface area contributed by atoms with Crippen LogP contribution in [0.15, 0.2) is 120 Å². The predicted molar refractivity (Wildman–Crippen MR) is 213 cm³/mol. The van der Waals surface area contributed by atoms with Crippen molar-refractivity contribution >= 4 is 45.4 Å². The number of rotatable bonds is 11.